The van der Waals surface area contributed by atoms with Crippen molar-refractivity contribution in [3.05, 3.63) is 101 Å². The highest BCUT2D eigenvalue weighted by atomic mass is 16.5. The molecule has 1 amide bonds. The SMILES string of the molecule is COc1cccc(C(=O)N(Cc2c(C)nn(-c3ccccc3)c2Oc2cccc(C)c2)C(C)C)c1. The molecular weight excluding hydrogens is 438 g/mol. The Morgan fingerprint density at radius 1 is 0.943 bits per heavy atom. The van der Waals surface area contributed by atoms with Gasteiger partial charge >= 0.3 is 0 Å². The van der Waals surface area contributed by atoms with Crippen LogP contribution >= 0.6 is 0 Å². The highest BCUT2D eigenvalue weighted by Crippen LogP contribution is 2.32. The molecule has 4 rings (SSSR count). The fourth-order valence-electron chi connectivity index (χ4n) is 3.94. The lowest BCUT2D eigenvalue weighted by atomic mass is 10.1. The second-order valence-corrected chi connectivity index (χ2v) is 8.79. The maximum atomic E-state index is 13.6. The smallest absolute Gasteiger partial charge is 0.254 e. The first kappa shape index (κ1) is 24.1. The molecule has 0 fully saturated rings. The normalized spacial score (nSPS) is 10.9. The standard InChI is InChI=1S/C29H31N3O3/c1-20(2)31(28(33)23-12-10-15-25(18-23)34-5)19-27-22(4)30-32(24-13-7-6-8-14-24)29(27)35-26-16-9-11-21(3)17-26/h6-18,20H,19H2,1-5H3. The van der Waals surface area contributed by atoms with Crippen LogP contribution in [0.1, 0.15) is 41.0 Å². The summed E-state index contributed by atoms with van der Waals surface area (Å²) in [5.74, 6) is 1.89. The predicted octanol–water partition coefficient (Wildman–Crippen LogP) is 6.34. The first-order valence-corrected chi connectivity index (χ1v) is 11.7. The van der Waals surface area contributed by atoms with Crippen molar-refractivity contribution in [1.29, 1.82) is 0 Å². The molecule has 0 aliphatic rings. The van der Waals surface area contributed by atoms with Crippen LogP contribution in [0.25, 0.3) is 5.69 Å². The molecule has 0 spiro atoms. The van der Waals surface area contributed by atoms with Crippen molar-refractivity contribution < 1.29 is 14.3 Å². The molecule has 0 bridgehead atoms. The largest absolute Gasteiger partial charge is 0.497 e. The van der Waals surface area contributed by atoms with E-state index in [2.05, 4.69) is 0 Å². The number of aryl methyl sites for hydroxylation is 2. The Labute approximate surface area is 206 Å². The van der Waals surface area contributed by atoms with Gasteiger partial charge in [0.15, 0.2) is 0 Å². The van der Waals surface area contributed by atoms with Crippen LogP contribution < -0.4 is 9.47 Å². The maximum Gasteiger partial charge on any atom is 0.254 e. The van der Waals surface area contributed by atoms with Gasteiger partial charge in [0.1, 0.15) is 11.5 Å². The van der Waals surface area contributed by atoms with E-state index in [0.29, 0.717) is 23.7 Å². The van der Waals surface area contributed by atoms with E-state index in [1.54, 1.807) is 13.2 Å². The van der Waals surface area contributed by atoms with Gasteiger partial charge in [-0.3, -0.25) is 4.79 Å². The summed E-state index contributed by atoms with van der Waals surface area (Å²) in [6, 6.07) is 25.0. The van der Waals surface area contributed by atoms with Gasteiger partial charge in [0, 0.05) is 11.6 Å². The third-order valence-corrected chi connectivity index (χ3v) is 5.87. The van der Waals surface area contributed by atoms with Crippen molar-refractivity contribution in [2.24, 2.45) is 0 Å². The molecular formula is C29H31N3O3. The Morgan fingerprint density at radius 3 is 2.34 bits per heavy atom. The van der Waals surface area contributed by atoms with Crippen LogP contribution in [-0.4, -0.2) is 33.7 Å². The molecule has 0 radical (unpaired) electrons. The van der Waals surface area contributed by atoms with Gasteiger partial charge in [-0.15, -0.1) is 0 Å². The molecule has 0 aliphatic carbocycles. The van der Waals surface area contributed by atoms with Crippen molar-refractivity contribution in [1.82, 2.24) is 14.7 Å². The number of methoxy groups -OCH3 is 1. The van der Waals surface area contributed by atoms with Gasteiger partial charge in [0.25, 0.3) is 5.91 Å². The number of hydrogen-bond acceptors (Lipinski definition) is 4. The van der Waals surface area contributed by atoms with Crippen LogP contribution in [0, 0.1) is 13.8 Å². The molecule has 0 saturated heterocycles. The highest BCUT2D eigenvalue weighted by molar-refractivity contribution is 5.94. The molecule has 0 N–H and O–H groups in total. The van der Waals surface area contributed by atoms with Gasteiger partial charge in [-0.05, 0) is 75.7 Å². The van der Waals surface area contributed by atoms with E-state index in [0.717, 1.165) is 28.3 Å². The summed E-state index contributed by atoms with van der Waals surface area (Å²) in [5, 5.41) is 4.80. The first-order chi connectivity index (χ1) is 16.9. The summed E-state index contributed by atoms with van der Waals surface area (Å²) in [7, 11) is 1.60. The third kappa shape index (κ3) is 5.38. The molecule has 4 aromatic rings. The summed E-state index contributed by atoms with van der Waals surface area (Å²) in [6.45, 7) is 8.35. The van der Waals surface area contributed by atoms with Gasteiger partial charge < -0.3 is 14.4 Å². The first-order valence-electron chi connectivity index (χ1n) is 11.7. The van der Waals surface area contributed by atoms with Crippen molar-refractivity contribution in [3.63, 3.8) is 0 Å². The fourth-order valence-corrected chi connectivity index (χ4v) is 3.94. The van der Waals surface area contributed by atoms with Gasteiger partial charge in [-0.1, -0.05) is 36.4 Å². The topological polar surface area (TPSA) is 56.6 Å². The number of carbonyl (C=O) groups excluding carboxylic acids is 1. The van der Waals surface area contributed by atoms with E-state index in [1.807, 2.05) is 110 Å². The predicted molar refractivity (Wildman–Crippen MR) is 138 cm³/mol. The van der Waals surface area contributed by atoms with Crippen molar-refractivity contribution in [2.75, 3.05) is 7.11 Å². The molecule has 3 aromatic carbocycles. The van der Waals surface area contributed by atoms with Crippen LogP contribution in [0.4, 0.5) is 0 Å². The molecule has 35 heavy (non-hydrogen) atoms. The number of carbonyl (C=O) groups is 1. The third-order valence-electron chi connectivity index (χ3n) is 5.87. The second kappa shape index (κ2) is 10.5. The average molecular weight is 470 g/mol. The number of amides is 1. The minimum Gasteiger partial charge on any atom is -0.497 e. The minimum atomic E-state index is -0.0766. The zero-order valence-corrected chi connectivity index (χ0v) is 20.9. The highest BCUT2D eigenvalue weighted by Gasteiger charge is 2.26. The van der Waals surface area contributed by atoms with Gasteiger partial charge in [-0.25, -0.2) is 4.68 Å². The molecule has 6 heteroatoms. The van der Waals surface area contributed by atoms with Gasteiger partial charge in [-0.2, -0.15) is 5.10 Å². The molecule has 0 atom stereocenters. The van der Waals surface area contributed by atoms with Crippen molar-refractivity contribution >= 4 is 5.91 Å². The summed E-state index contributed by atoms with van der Waals surface area (Å²) in [6.07, 6.45) is 0. The molecule has 1 aromatic heterocycles. The fraction of sp³-hybridized carbons (Fsp3) is 0.241. The van der Waals surface area contributed by atoms with E-state index in [9.17, 15) is 4.79 Å². The van der Waals surface area contributed by atoms with Crippen LogP contribution in [0.5, 0.6) is 17.4 Å². The van der Waals surface area contributed by atoms with Crippen LogP contribution in [0.3, 0.4) is 0 Å². The number of rotatable bonds is 8. The summed E-state index contributed by atoms with van der Waals surface area (Å²) >= 11 is 0. The number of para-hydroxylation sites is 1. The van der Waals surface area contributed by atoms with E-state index >= 15 is 0 Å². The summed E-state index contributed by atoms with van der Waals surface area (Å²) < 4.78 is 13.6. The Hall–Kier alpha value is -4.06. The summed E-state index contributed by atoms with van der Waals surface area (Å²) in [5.41, 5.74) is 4.23. The average Bonchev–Trinajstić information content (AvgIpc) is 3.17. The van der Waals surface area contributed by atoms with E-state index in [-0.39, 0.29) is 11.9 Å². The van der Waals surface area contributed by atoms with Crippen molar-refractivity contribution in [2.45, 2.75) is 40.3 Å². The lowest BCUT2D eigenvalue weighted by Crippen LogP contribution is -2.36. The van der Waals surface area contributed by atoms with Gasteiger partial charge in [0.2, 0.25) is 5.88 Å². The van der Waals surface area contributed by atoms with Crippen molar-refractivity contribution in [3.8, 4) is 23.1 Å². The lowest BCUT2D eigenvalue weighted by Gasteiger charge is -2.27. The molecule has 1 heterocycles. The van der Waals surface area contributed by atoms with E-state index < -0.39 is 0 Å². The Balaban J connectivity index is 1.77. The number of ether oxygens (including phenoxy) is 2. The minimum absolute atomic E-state index is 0.0417. The van der Waals surface area contributed by atoms with Gasteiger partial charge in [0.05, 0.1) is 30.6 Å². The Kier molecular flexibility index (Phi) is 7.20. The monoisotopic (exact) mass is 469 g/mol. The number of hydrogen-bond donors (Lipinski definition) is 0. The zero-order chi connectivity index (χ0) is 24.9. The number of benzene rings is 3. The number of nitrogens with zero attached hydrogens (tertiary/aromatic N) is 3. The summed E-state index contributed by atoms with van der Waals surface area (Å²) in [4.78, 5) is 15.4. The van der Waals surface area contributed by atoms with Crippen LogP contribution in [0.2, 0.25) is 0 Å². The molecule has 0 unspecified atom stereocenters. The molecule has 0 aliphatic heterocycles. The molecule has 6 nitrogen and oxygen atoms in total. The molecule has 0 saturated carbocycles. The van der Waals surface area contributed by atoms with Crippen LogP contribution in [-0.2, 0) is 6.54 Å². The number of aromatic nitrogens is 2. The Bertz CT molecular complexity index is 1310. The lowest BCUT2D eigenvalue weighted by molar-refractivity contribution is 0.0688. The Morgan fingerprint density at radius 2 is 1.66 bits per heavy atom. The quantitative estimate of drug-likeness (QED) is 0.302. The second-order valence-electron chi connectivity index (χ2n) is 8.79. The zero-order valence-electron chi connectivity index (χ0n) is 20.9. The van der Waals surface area contributed by atoms with E-state index in [1.165, 1.54) is 0 Å². The van der Waals surface area contributed by atoms with E-state index in [4.69, 9.17) is 14.6 Å². The van der Waals surface area contributed by atoms with Crippen LogP contribution in [0.15, 0.2) is 78.9 Å². The molecule has 180 valence electrons. The maximum absolute atomic E-state index is 13.6.